The summed E-state index contributed by atoms with van der Waals surface area (Å²) in [6.07, 6.45) is -4.67. The molecule has 1 fully saturated rings. The highest BCUT2D eigenvalue weighted by molar-refractivity contribution is 5.85. The van der Waals surface area contributed by atoms with Gasteiger partial charge in [-0.1, -0.05) is 24.3 Å². The molecule has 0 saturated carbocycles. The zero-order valence-electron chi connectivity index (χ0n) is 17.4. The summed E-state index contributed by atoms with van der Waals surface area (Å²) in [5, 5.41) is 8.87. The molecule has 0 bridgehead atoms. The van der Waals surface area contributed by atoms with Crippen molar-refractivity contribution in [2.75, 3.05) is 33.4 Å². The number of hydrogen-bond donors (Lipinski definition) is 1. The summed E-state index contributed by atoms with van der Waals surface area (Å²) >= 11 is 0. The molecule has 176 valence electrons. The first-order valence-electron chi connectivity index (χ1n) is 9.79. The van der Waals surface area contributed by atoms with Gasteiger partial charge in [-0.15, -0.1) is 12.4 Å². The third-order valence-corrected chi connectivity index (χ3v) is 5.06. The van der Waals surface area contributed by atoms with Crippen molar-refractivity contribution < 1.29 is 37.3 Å². The van der Waals surface area contributed by atoms with Gasteiger partial charge in [-0.3, -0.25) is 9.69 Å². The fraction of sp³-hybridized carbons (Fsp3) is 0.409. The average Bonchev–Trinajstić information content (AvgIpc) is 2.76. The van der Waals surface area contributed by atoms with E-state index in [-0.39, 0.29) is 37.1 Å². The number of halogens is 4. The summed E-state index contributed by atoms with van der Waals surface area (Å²) in [7, 11) is 1.45. The van der Waals surface area contributed by atoms with Gasteiger partial charge in [-0.05, 0) is 23.8 Å². The number of alkyl halides is 3. The van der Waals surface area contributed by atoms with Gasteiger partial charge in [-0.25, -0.2) is 0 Å². The van der Waals surface area contributed by atoms with Crippen LogP contribution in [0.2, 0.25) is 0 Å². The molecule has 1 aliphatic rings. The van der Waals surface area contributed by atoms with Gasteiger partial charge in [0.15, 0.2) is 11.5 Å². The number of rotatable bonds is 8. The Morgan fingerprint density at radius 1 is 1.22 bits per heavy atom. The molecule has 1 saturated heterocycles. The lowest BCUT2D eigenvalue weighted by Gasteiger charge is -2.33. The Morgan fingerprint density at radius 3 is 2.66 bits per heavy atom. The Morgan fingerprint density at radius 2 is 1.97 bits per heavy atom. The lowest BCUT2D eigenvalue weighted by Crippen LogP contribution is -2.39. The maximum atomic E-state index is 13.2. The molecule has 1 aliphatic heterocycles. The number of aliphatic carboxylic acids is 1. The number of morpholine rings is 1. The first kappa shape index (κ1) is 25.8. The van der Waals surface area contributed by atoms with E-state index in [1.807, 2.05) is 4.90 Å². The van der Waals surface area contributed by atoms with Crippen LogP contribution in [0.1, 0.15) is 29.2 Å². The third kappa shape index (κ3) is 6.75. The molecule has 0 aromatic heterocycles. The third-order valence-electron chi connectivity index (χ3n) is 5.06. The number of benzene rings is 2. The van der Waals surface area contributed by atoms with Crippen LogP contribution in [-0.4, -0.2) is 49.3 Å². The van der Waals surface area contributed by atoms with E-state index < -0.39 is 17.7 Å². The molecular formula is C22H25ClF3NO5. The highest BCUT2D eigenvalue weighted by Gasteiger charge is 2.33. The van der Waals surface area contributed by atoms with Crippen LogP contribution in [0.15, 0.2) is 42.5 Å². The van der Waals surface area contributed by atoms with Gasteiger partial charge in [0.2, 0.25) is 0 Å². The number of ether oxygens (including phenoxy) is 3. The molecule has 1 unspecified atom stereocenters. The number of carbonyl (C=O) groups is 1. The summed E-state index contributed by atoms with van der Waals surface area (Å²) in [6.45, 7) is 1.84. The number of methoxy groups -OCH3 is 1. The minimum Gasteiger partial charge on any atom is -0.493 e. The largest absolute Gasteiger partial charge is 0.493 e. The van der Waals surface area contributed by atoms with E-state index in [0.717, 1.165) is 11.6 Å². The van der Waals surface area contributed by atoms with Crippen molar-refractivity contribution in [1.29, 1.82) is 0 Å². The summed E-state index contributed by atoms with van der Waals surface area (Å²) < 4.78 is 56.4. The second kappa shape index (κ2) is 11.4. The van der Waals surface area contributed by atoms with Gasteiger partial charge in [0, 0.05) is 25.2 Å². The first-order valence-corrected chi connectivity index (χ1v) is 9.79. The molecule has 1 heterocycles. The smallest absolute Gasteiger partial charge is 0.416 e. The van der Waals surface area contributed by atoms with Crippen LogP contribution < -0.4 is 9.47 Å². The van der Waals surface area contributed by atoms with E-state index in [1.54, 1.807) is 18.2 Å². The molecule has 2 aromatic carbocycles. The molecule has 1 N–H and O–H groups in total. The van der Waals surface area contributed by atoms with E-state index in [9.17, 15) is 18.0 Å². The number of carboxylic acid groups (broad SMARTS) is 1. The lowest BCUT2D eigenvalue weighted by atomic mass is 10.1. The summed E-state index contributed by atoms with van der Waals surface area (Å²) in [5.41, 5.74) is 0.119. The maximum Gasteiger partial charge on any atom is 0.416 e. The lowest BCUT2D eigenvalue weighted by molar-refractivity contribution is -0.139. The summed E-state index contributed by atoms with van der Waals surface area (Å²) in [6, 6.07) is 10.4. The van der Waals surface area contributed by atoms with Crippen LogP contribution in [0.3, 0.4) is 0 Å². The molecule has 0 spiro atoms. The van der Waals surface area contributed by atoms with E-state index >= 15 is 0 Å². The van der Waals surface area contributed by atoms with E-state index in [4.69, 9.17) is 19.3 Å². The van der Waals surface area contributed by atoms with Crippen molar-refractivity contribution >= 4 is 18.4 Å². The van der Waals surface area contributed by atoms with Crippen molar-refractivity contribution in [2.45, 2.75) is 25.3 Å². The van der Waals surface area contributed by atoms with Crippen molar-refractivity contribution in [1.82, 2.24) is 4.90 Å². The Hall–Kier alpha value is -2.49. The van der Waals surface area contributed by atoms with Gasteiger partial charge in [-0.2, -0.15) is 13.2 Å². The Balaban J connectivity index is 0.00000363. The predicted molar refractivity (Wildman–Crippen MR) is 113 cm³/mol. The van der Waals surface area contributed by atoms with Crippen molar-refractivity contribution in [3.63, 3.8) is 0 Å². The zero-order chi connectivity index (χ0) is 22.4. The highest BCUT2D eigenvalue weighted by Crippen LogP contribution is 2.35. The standard InChI is InChI=1S/C22H24F3NO5.ClH/c1-29-19-12-15(20-13-26(10-11-30-20)9-8-21(27)28)6-7-18(19)31-14-16-4-2-3-5-17(16)22(23,24)25;/h2-7,12,20H,8-11,13-14H2,1H3,(H,27,28);1H. The van der Waals surface area contributed by atoms with Crippen LogP contribution in [0, 0.1) is 0 Å². The fourth-order valence-corrected chi connectivity index (χ4v) is 3.44. The molecule has 0 aliphatic carbocycles. The molecule has 2 aromatic rings. The molecular weight excluding hydrogens is 451 g/mol. The van der Waals surface area contributed by atoms with Crippen LogP contribution in [-0.2, 0) is 22.3 Å². The van der Waals surface area contributed by atoms with Crippen LogP contribution in [0.5, 0.6) is 11.5 Å². The molecule has 0 radical (unpaired) electrons. The Labute approximate surface area is 190 Å². The van der Waals surface area contributed by atoms with Gasteiger partial charge in [0.1, 0.15) is 6.61 Å². The van der Waals surface area contributed by atoms with E-state index in [0.29, 0.717) is 37.7 Å². The molecule has 3 rings (SSSR count). The predicted octanol–water partition coefficient (Wildman–Crippen LogP) is 4.56. The van der Waals surface area contributed by atoms with E-state index in [2.05, 4.69) is 0 Å². The fourth-order valence-electron chi connectivity index (χ4n) is 3.44. The van der Waals surface area contributed by atoms with Crippen LogP contribution in [0.4, 0.5) is 13.2 Å². The monoisotopic (exact) mass is 475 g/mol. The average molecular weight is 476 g/mol. The zero-order valence-corrected chi connectivity index (χ0v) is 18.2. The quantitative estimate of drug-likeness (QED) is 0.603. The van der Waals surface area contributed by atoms with Gasteiger partial charge >= 0.3 is 12.1 Å². The topological polar surface area (TPSA) is 68.2 Å². The number of hydrogen-bond acceptors (Lipinski definition) is 5. The van der Waals surface area contributed by atoms with Gasteiger partial charge in [0.05, 0.1) is 31.8 Å². The summed E-state index contributed by atoms with van der Waals surface area (Å²) in [4.78, 5) is 12.8. The normalized spacial score (nSPS) is 16.8. The molecule has 10 heteroatoms. The van der Waals surface area contributed by atoms with E-state index in [1.165, 1.54) is 25.3 Å². The van der Waals surface area contributed by atoms with Gasteiger partial charge < -0.3 is 19.3 Å². The number of nitrogens with zero attached hydrogens (tertiary/aromatic N) is 1. The highest BCUT2D eigenvalue weighted by atomic mass is 35.5. The Kier molecular flexibility index (Phi) is 9.18. The second-order valence-electron chi connectivity index (χ2n) is 7.16. The van der Waals surface area contributed by atoms with Crippen molar-refractivity contribution in [2.24, 2.45) is 0 Å². The molecule has 32 heavy (non-hydrogen) atoms. The molecule has 1 atom stereocenters. The van der Waals surface area contributed by atoms with Crippen molar-refractivity contribution in [3.05, 3.63) is 59.2 Å². The SMILES string of the molecule is COc1cc(C2CN(CCC(=O)O)CCO2)ccc1OCc1ccccc1C(F)(F)F.Cl. The Bertz CT molecular complexity index is 909. The summed E-state index contributed by atoms with van der Waals surface area (Å²) in [5.74, 6) is -0.145. The van der Waals surface area contributed by atoms with Gasteiger partial charge in [0.25, 0.3) is 0 Å². The molecule has 0 amide bonds. The maximum absolute atomic E-state index is 13.2. The molecule has 6 nitrogen and oxygen atoms in total. The second-order valence-corrected chi connectivity index (χ2v) is 7.16. The minimum atomic E-state index is -4.46. The minimum absolute atomic E-state index is 0. The number of carboxylic acids is 1. The van der Waals surface area contributed by atoms with Crippen molar-refractivity contribution in [3.8, 4) is 11.5 Å². The first-order chi connectivity index (χ1) is 14.8. The van der Waals surface area contributed by atoms with Crippen LogP contribution in [0.25, 0.3) is 0 Å². The van der Waals surface area contributed by atoms with Crippen LogP contribution >= 0.6 is 12.4 Å².